The number of nitrogens with one attached hydrogen (secondary N) is 1. The molecule has 1 amide bonds. The van der Waals surface area contributed by atoms with Gasteiger partial charge in [-0.05, 0) is 18.9 Å². The molecule has 1 aromatic carbocycles. The van der Waals surface area contributed by atoms with Gasteiger partial charge in [-0.15, -0.1) is 0 Å². The van der Waals surface area contributed by atoms with Crippen molar-refractivity contribution in [3.05, 3.63) is 52.8 Å². The monoisotopic (exact) mass is 315 g/mol. The summed E-state index contributed by atoms with van der Waals surface area (Å²) in [5.41, 5.74) is 1.20. The van der Waals surface area contributed by atoms with Crippen LogP contribution in [0.5, 0.6) is 0 Å². The van der Waals surface area contributed by atoms with Crippen LogP contribution in [-0.2, 0) is 11.3 Å². The van der Waals surface area contributed by atoms with Crippen LogP contribution in [0.25, 0.3) is 11.3 Å². The average molecular weight is 315 g/mol. The lowest BCUT2D eigenvalue weighted by atomic mass is 10.1. The topological polar surface area (TPSA) is 84.2 Å². The molecule has 1 atom stereocenters. The molecule has 1 heterocycles. The molecule has 6 nitrogen and oxygen atoms in total. The largest absolute Gasteiger partial charge is 0.396 e. The maximum absolute atomic E-state index is 12.1. The van der Waals surface area contributed by atoms with Crippen LogP contribution >= 0.6 is 0 Å². The number of rotatable bonds is 7. The first-order valence-corrected chi connectivity index (χ1v) is 7.68. The standard InChI is InChI=1S/C17H21N3O3/c1-2-14(10-11-21)18-16(22)12-20-17(23)9-8-15(19-20)13-6-4-3-5-7-13/h3-9,14,21H,2,10-12H2,1H3,(H,18,22). The molecule has 0 spiro atoms. The molecule has 2 aromatic rings. The number of hydrogen-bond donors (Lipinski definition) is 2. The lowest BCUT2D eigenvalue weighted by Crippen LogP contribution is -2.39. The Bertz CT molecular complexity index is 698. The van der Waals surface area contributed by atoms with Gasteiger partial charge in [-0.2, -0.15) is 5.10 Å². The number of hydrogen-bond acceptors (Lipinski definition) is 4. The van der Waals surface area contributed by atoms with Gasteiger partial charge in [-0.1, -0.05) is 37.3 Å². The Morgan fingerprint density at radius 2 is 2.00 bits per heavy atom. The zero-order valence-electron chi connectivity index (χ0n) is 13.1. The Balaban J connectivity index is 2.13. The van der Waals surface area contributed by atoms with E-state index in [4.69, 9.17) is 5.11 Å². The van der Waals surface area contributed by atoms with Gasteiger partial charge in [0.15, 0.2) is 0 Å². The third kappa shape index (κ3) is 4.75. The SMILES string of the molecule is CCC(CCO)NC(=O)Cn1nc(-c2ccccc2)ccc1=O. The maximum atomic E-state index is 12.1. The molecular weight excluding hydrogens is 294 g/mol. The number of aliphatic hydroxyl groups is 1. The molecule has 2 N–H and O–H groups in total. The number of benzene rings is 1. The van der Waals surface area contributed by atoms with Crippen molar-refractivity contribution in [3.63, 3.8) is 0 Å². The molecule has 6 heteroatoms. The molecule has 0 aliphatic rings. The van der Waals surface area contributed by atoms with Gasteiger partial charge in [0, 0.05) is 24.3 Å². The van der Waals surface area contributed by atoms with Gasteiger partial charge in [0.25, 0.3) is 5.56 Å². The highest BCUT2D eigenvalue weighted by atomic mass is 16.3. The lowest BCUT2D eigenvalue weighted by Gasteiger charge is -2.16. The van der Waals surface area contributed by atoms with Gasteiger partial charge in [0.2, 0.25) is 5.91 Å². The second kappa shape index (κ2) is 8.24. The average Bonchev–Trinajstić information content (AvgIpc) is 2.57. The summed E-state index contributed by atoms with van der Waals surface area (Å²) < 4.78 is 1.16. The minimum Gasteiger partial charge on any atom is -0.396 e. The summed E-state index contributed by atoms with van der Waals surface area (Å²) in [6.45, 7) is 1.81. The molecule has 0 aliphatic heterocycles. The summed E-state index contributed by atoms with van der Waals surface area (Å²) >= 11 is 0. The Labute approximate surface area is 134 Å². The van der Waals surface area contributed by atoms with Crippen LogP contribution in [0.3, 0.4) is 0 Å². The van der Waals surface area contributed by atoms with Crippen molar-refractivity contribution < 1.29 is 9.90 Å². The molecular formula is C17H21N3O3. The van der Waals surface area contributed by atoms with Crippen molar-refractivity contribution in [1.82, 2.24) is 15.1 Å². The second-order valence-corrected chi connectivity index (χ2v) is 5.27. The van der Waals surface area contributed by atoms with E-state index in [1.165, 1.54) is 6.07 Å². The fraction of sp³-hybridized carbons (Fsp3) is 0.353. The van der Waals surface area contributed by atoms with E-state index < -0.39 is 0 Å². The van der Waals surface area contributed by atoms with Gasteiger partial charge in [-0.25, -0.2) is 4.68 Å². The van der Waals surface area contributed by atoms with Crippen molar-refractivity contribution in [1.29, 1.82) is 0 Å². The second-order valence-electron chi connectivity index (χ2n) is 5.27. The minimum atomic E-state index is -0.324. The van der Waals surface area contributed by atoms with Crippen LogP contribution in [0.15, 0.2) is 47.3 Å². The van der Waals surface area contributed by atoms with E-state index in [9.17, 15) is 9.59 Å². The number of nitrogens with zero attached hydrogens (tertiary/aromatic N) is 2. The third-order valence-corrected chi connectivity index (χ3v) is 3.57. The van der Waals surface area contributed by atoms with Crippen molar-refractivity contribution in [3.8, 4) is 11.3 Å². The molecule has 0 bridgehead atoms. The van der Waals surface area contributed by atoms with E-state index in [1.807, 2.05) is 37.3 Å². The van der Waals surface area contributed by atoms with Crippen molar-refractivity contribution in [2.75, 3.05) is 6.61 Å². The molecule has 0 radical (unpaired) electrons. The first-order chi connectivity index (χ1) is 11.1. The van der Waals surface area contributed by atoms with E-state index in [2.05, 4.69) is 10.4 Å². The molecule has 1 aromatic heterocycles. The van der Waals surface area contributed by atoms with Crippen molar-refractivity contribution in [2.45, 2.75) is 32.4 Å². The smallest absolute Gasteiger partial charge is 0.267 e. The first kappa shape index (κ1) is 16.9. The number of aromatic nitrogens is 2. The summed E-state index contributed by atoms with van der Waals surface area (Å²) in [5, 5.41) is 16.0. The highest BCUT2D eigenvalue weighted by Gasteiger charge is 2.12. The number of amides is 1. The molecule has 23 heavy (non-hydrogen) atoms. The zero-order chi connectivity index (χ0) is 16.7. The molecule has 0 fully saturated rings. The summed E-state index contributed by atoms with van der Waals surface area (Å²) in [5.74, 6) is -0.287. The number of carbonyl (C=O) groups is 1. The number of carbonyl (C=O) groups excluding carboxylic acids is 1. The Morgan fingerprint density at radius 1 is 1.26 bits per heavy atom. The quantitative estimate of drug-likeness (QED) is 0.804. The molecule has 1 unspecified atom stereocenters. The fourth-order valence-corrected chi connectivity index (χ4v) is 2.27. The van der Waals surface area contributed by atoms with Crippen LogP contribution in [0, 0.1) is 0 Å². The molecule has 0 aliphatic carbocycles. The predicted octanol–water partition coefficient (Wildman–Crippen LogP) is 1.19. The fourth-order valence-electron chi connectivity index (χ4n) is 2.27. The molecule has 2 rings (SSSR count). The summed E-state index contributed by atoms with van der Waals surface area (Å²) in [6, 6.07) is 12.4. The lowest BCUT2D eigenvalue weighted by molar-refractivity contribution is -0.122. The Kier molecular flexibility index (Phi) is 6.05. The van der Waals surface area contributed by atoms with Gasteiger partial charge < -0.3 is 10.4 Å². The van der Waals surface area contributed by atoms with E-state index in [0.717, 1.165) is 16.7 Å². The van der Waals surface area contributed by atoms with Crippen molar-refractivity contribution in [2.24, 2.45) is 0 Å². The van der Waals surface area contributed by atoms with Crippen LogP contribution in [0.2, 0.25) is 0 Å². The minimum absolute atomic E-state index is 0.0144. The highest BCUT2D eigenvalue weighted by molar-refractivity contribution is 5.76. The summed E-state index contributed by atoms with van der Waals surface area (Å²) in [4.78, 5) is 24.0. The van der Waals surface area contributed by atoms with E-state index in [0.29, 0.717) is 12.1 Å². The zero-order valence-corrected chi connectivity index (χ0v) is 13.1. The number of aliphatic hydroxyl groups excluding tert-OH is 1. The van der Waals surface area contributed by atoms with Gasteiger partial charge in [0.1, 0.15) is 6.54 Å². The van der Waals surface area contributed by atoms with Crippen LogP contribution in [0.4, 0.5) is 0 Å². The third-order valence-electron chi connectivity index (χ3n) is 3.57. The normalized spacial score (nSPS) is 11.9. The Morgan fingerprint density at radius 3 is 2.65 bits per heavy atom. The van der Waals surface area contributed by atoms with E-state index in [1.54, 1.807) is 6.07 Å². The Hall–Kier alpha value is -2.47. The summed E-state index contributed by atoms with van der Waals surface area (Å²) in [6.07, 6.45) is 1.22. The van der Waals surface area contributed by atoms with Crippen LogP contribution < -0.4 is 10.9 Å². The van der Waals surface area contributed by atoms with Crippen molar-refractivity contribution >= 4 is 5.91 Å². The van der Waals surface area contributed by atoms with Crippen LogP contribution in [0.1, 0.15) is 19.8 Å². The van der Waals surface area contributed by atoms with Gasteiger partial charge >= 0.3 is 0 Å². The molecule has 122 valence electrons. The first-order valence-electron chi connectivity index (χ1n) is 7.68. The van der Waals surface area contributed by atoms with E-state index >= 15 is 0 Å². The van der Waals surface area contributed by atoms with Gasteiger partial charge in [-0.3, -0.25) is 9.59 Å². The summed E-state index contributed by atoms with van der Waals surface area (Å²) in [7, 11) is 0. The predicted molar refractivity (Wildman–Crippen MR) is 87.9 cm³/mol. The molecule has 0 saturated carbocycles. The maximum Gasteiger partial charge on any atom is 0.267 e. The molecule has 0 saturated heterocycles. The van der Waals surface area contributed by atoms with Gasteiger partial charge in [0.05, 0.1) is 5.69 Å². The highest BCUT2D eigenvalue weighted by Crippen LogP contribution is 2.13. The van der Waals surface area contributed by atoms with E-state index in [-0.39, 0.29) is 30.7 Å². The van der Waals surface area contributed by atoms with Crippen LogP contribution in [-0.4, -0.2) is 33.4 Å².